The number of piperidine rings is 1. The van der Waals surface area contributed by atoms with Crippen molar-refractivity contribution in [1.29, 1.82) is 0 Å². The SMILES string of the molecule is CNCC1CCN(c2ncc3ccccc3n2)CC1. The van der Waals surface area contributed by atoms with Crippen LogP contribution in [0.3, 0.4) is 0 Å². The van der Waals surface area contributed by atoms with Gasteiger partial charge in [0.2, 0.25) is 5.95 Å². The molecule has 3 rings (SSSR count). The minimum Gasteiger partial charge on any atom is -0.341 e. The van der Waals surface area contributed by atoms with Gasteiger partial charge in [0.25, 0.3) is 0 Å². The van der Waals surface area contributed by atoms with Crippen molar-refractivity contribution in [3.05, 3.63) is 30.5 Å². The Bertz CT molecular complexity index is 547. The Hall–Kier alpha value is -1.68. The minimum absolute atomic E-state index is 0.793. The molecule has 0 saturated carbocycles. The highest BCUT2D eigenvalue weighted by molar-refractivity contribution is 5.78. The molecule has 4 heteroatoms. The van der Waals surface area contributed by atoms with E-state index >= 15 is 0 Å². The van der Waals surface area contributed by atoms with E-state index in [1.165, 1.54) is 12.8 Å². The molecule has 19 heavy (non-hydrogen) atoms. The molecule has 1 aliphatic rings. The largest absolute Gasteiger partial charge is 0.341 e. The van der Waals surface area contributed by atoms with Crippen LogP contribution in [0.25, 0.3) is 10.9 Å². The highest BCUT2D eigenvalue weighted by Gasteiger charge is 2.20. The maximum absolute atomic E-state index is 4.67. The van der Waals surface area contributed by atoms with Crippen LogP contribution in [-0.2, 0) is 0 Å². The van der Waals surface area contributed by atoms with Crippen LogP contribution in [0.1, 0.15) is 12.8 Å². The third-order valence-corrected chi connectivity index (χ3v) is 3.87. The van der Waals surface area contributed by atoms with Gasteiger partial charge >= 0.3 is 0 Å². The third kappa shape index (κ3) is 2.68. The van der Waals surface area contributed by atoms with Crippen molar-refractivity contribution in [2.75, 3.05) is 31.6 Å². The van der Waals surface area contributed by atoms with Crippen molar-refractivity contribution < 1.29 is 0 Å². The summed E-state index contributed by atoms with van der Waals surface area (Å²) < 4.78 is 0. The monoisotopic (exact) mass is 256 g/mol. The van der Waals surface area contributed by atoms with Crippen LogP contribution < -0.4 is 10.2 Å². The minimum atomic E-state index is 0.793. The maximum atomic E-state index is 4.67. The number of fused-ring (bicyclic) bond motifs is 1. The molecule has 1 fully saturated rings. The second-order valence-corrected chi connectivity index (χ2v) is 5.22. The first-order chi connectivity index (χ1) is 9.36. The van der Waals surface area contributed by atoms with Gasteiger partial charge in [0, 0.05) is 24.7 Å². The van der Waals surface area contributed by atoms with Crippen LogP contribution in [0.15, 0.2) is 30.5 Å². The van der Waals surface area contributed by atoms with Gasteiger partial charge in [-0.15, -0.1) is 0 Å². The highest BCUT2D eigenvalue weighted by Crippen LogP contribution is 2.21. The van der Waals surface area contributed by atoms with Crippen molar-refractivity contribution in [3.63, 3.8) is 0 Å². The van der Waals surface area contributed by atoms with Gasteiger partial charge in [-0.3, -0.25) is 0 Å². The molecule has 1 aromatic carbocycles. The summed E-state index contributed by atoms with van der Waals surface area (Å²) in [4.78, 5) is 11.5. The summed E-state index contributed by atoms with van der Waals surface area (Å²) >= 11 is 0. The van der Waals surface area contributed by atoms with Gasteiger partial charge < -0.3 is 10.2 Å². The number of nitrogens with one attached hydrogen (secondary N) is 1. The highest BCUT2D eigenvalue weighted by atomic mass is 15.2. The van der Waals surface area contributed by atoms with Gasteiger partial charge in [0.05, 0.1) is 5.52 Å². The van der Waals surface area contributed by atoms with Crippen LogP contribution in [0.4, 0.5) is 5.95 Å². The Labute approximate surface area is 113 Å². The zero-order chi connectivity index (χ0) is 13.1. The second kappa shape index (κ2) is 5.53. The fourth-order valence-electron chi connectivity index (χ4n) is 2.74. The molecule has 0 spiro atoms. The van der Waals surface area contributed by atoms with E-state index in [1.54, 1.807) is 0 Å². The van der Waals surface area contributed by atoms with E-state index in [9.17, 15) is 0 Å². The van der Waals surface area contributed by atoms with Crippen molar-refractivity contribution in [2.24, 2.45) is 5.92 Å². The van der Waals surface area contributed by atoms with Crippen LogP contribution in [0.5, 0.6) is 0 Å². The lowest BCUT2D eigenvalue weighted by atomic mass is 9.97. The Kier molecular flexibility index (Phi) is 3.60. The van der Waals surface area contributed by atoms with Gasteiger partial charge in [0.15, 0.2) is 0 Å². The van der Waals surface area contributed by atoms with Crippen molar-refractivity contribution >= 4 is 16.9 Å². The van der Waals surface area contributed by atoms with Crippen LogP contribution in [0.2, 0.25) is 0 Å². The Morgan fingerprint density at radius 1 is 1.26 bits per heavy atom. The van der Waals surface area contributed by atoms with E-state index in [4.69, 9.17) is 0 Å². The molecule has 0 unspecified atom stereocenters. The molecule has 0 bridgehead atoms. The first kappa shape index (κ1) is 12.4. The summed E-state index contributed by atoms with van der Waals surface area (Å²) in [6.07, 6.45) is 4.37. The van der Waals surface area contributed by atoms with Crippen LogP contribution in [0, 0.1) is 5.92 Å². The number of anilines is 1. The molecule has 1 aromatic heterocycles. The molecule has 2 heterocycles. The molecule has 0 aliphatic carbocycles. The third-order valence-electron chi connectivity index (χ3n) is 3.87. The lowest BCUT2D eigenvalue weighted by Crippen LogP contribution is -2.37. The predicted octanol–water partition coefficient (Wildman–Crippen LogP) is 2.07. The quantitative estimate of drug-likeness (QED) is 0.912. The molecule has 100 valence electrons. The number of aromatic nitrogens is 2. The first-order valence-corrected chi connectivity index (χ1v) is 6.98. The average Bonchev–Trinajstić information content (AvgIpc) is 2.48. The first-order valence-electron chi connectivity index (χ1n) is 6.98. The Morgan fingerprint density at radius 3 is 2.84 bits per heavy atom. The van der Waals surface area contributed by atoms with Gasteiger partial charge in [-0.2, -0.15) is 0 Å². The normalized spacial score (nSPS) is 17.0. The molecule has 0 atom stereocenters. The molecular formula is C15H20N4. The fraction of sp³-hybridized carbons (Fsp3) is 0.467. The summed E-state index contributed by atoms with van der Waals surface area (Å²) in [6.45, 7) is 3.24. The molecule has 1 aliphatic heterocycles. The smallest absolute Gasteiger partial charge is 0.225 e. The van der Waals surface area contributed by atoms with Gasteiger partial charge in [-0.25, -0.2) is 9.97 Å². The number of hydrogen-bond donors (Lipinski definition) is 1. The van der Waals surface area contributed by atoms with Crippen molar-refractivity contribution in [3.8, 4) is 0 Å². The van der Waals surface area contributed by atoms with Crippen LogP contribution in [-0.4, -0.2) is 36.6 Å². The summed E-state index contributed by atoms with van der Waals surface area (Å²) in [5.41, 5.74) is 1.03. The molecule has 0 radical (unpaired) electrons. The average molecular weight is 256 g/mol. The topological polar surface area (TPSA) is 41.0 Å². The maximum Gasteiger partial charge on any atom is 0.225 e. The number of rotatable bonds is 3. The second-order valence-electron chi connectivity index (χ2n) is 5.22. The summed E-state index contributed by atoms with van der Waals surface area (Å²) in [5.74, 6) is 1.67. The molecular weight excluding hydrogens is 236 g/mol. The van der Waals surface area contributed by atoms with E-state index in [0.717, 1.165) is 42.4 Å². The van der Waals surface area contributed by atoms with Gasteiger partial charge in [-0.05, 0) is 38.4 Å². The lowest BCUT2D eigenvalue weighted by Gasteiger charge is -2.31. The van der Waals surface area contributed by atoms with Crippen LogP contribution >= 0.6 is 0 Å². The van der Waals surface area contributed by atoms with E-state index in [1.807, 2.05) is 31.4 Å². The molecule has 4 nitrogen and oxygen atoms in total. The van der Waals surface area contributed by atoms with E-state index in [-0.39, 0.29) is 0 Å². The molecule has 0 amide bonds. The Morgan fingerprint density at radius 2 is 2.05 bits per heavy atom. The zero-order valence-electron chi connectivity index (χ0n) is 11.3. The Balaban J connectivity index is 1.74. The number of benzene rings is 1. The zero-order valence-corrected chi connectivity index (χ0v) is 11.3. The number of nitrogens with zero attached hydrogens (tertiary/aromatic N) is 3. The molecule has 1 N–H and O–H groups in total. The van der Waals surface area contributed by atoms with E-state index in [2.05, 4.69) is 26.3 Å². The molecule has 1 saturated heterocycles. The predicted molar refractivity (Wildman–Crippen MR) is 78.4 cm³/mol. The van der Waals surface area contributed by atoms with E-state index in [0.29, 0.717) is 0 Å². The van der Waals surface area contributed by atoms with Crippen molar-refractivity contribution in [1.82, 2.24) is 15.3 Å². The van der Waals surface area contributed by atoms with E-state index < -0.39 is 0 Å². The lowest BCUT2D eigenvalue weighted by molar-refractivity contribution is 0.391. The number of para-hydroxylation sites is 1. The standard InChI is InChI=1S/C15H20N4/c1-16-10-12-6-8-19(9-7-12)15-17-11-13-4-2-3-5-14(13)18-15/h2-5,11-12,16H,6-10H2,1H3. The van der Waals surface area contributed by atoms with Gasteiger partial charge in [-0.1, -0.05) is 18.2 Å². The molecule has 2 aromatic rings. The summed E-state index contributed by atoms with van der Waals surface area (Å²) in [7, 11) is 2.03. The number of hydrogen-bond acceptors (Lipinski definition) is 4. The van der Waals surface area contributed by atoms with Crippen molar-refractivity contribution in [2.45, 2.75) is 12.8 Å². The van der Waals surface area contributed by atoms with Gasteiger partial charge in [0.1, 0.15) is 0 Å². The fourth-order valence-corrected chi connectivity index (χ4v) is 2.74. The summed E-state index contributed by atoms with van der Waals surface area (Å²) in [5, 5.41) is 4.37. The summed E-state index contributed by atoms with van der Waals surface area (Å²) in [6, 6.07) is 8.15.